The molecule has 0 aliphatic heterocycles. The summed E-state index contributed by atoms with van der Waals surface area (Å²) in [4.78, 5) is 23.8. The first-order valence-electron chi connectivity index (χ1n) is 7.30. The second kappa shape index (κ2) is 6.75. The molecule has 0 saturated heterocycles. The maximum Gasteiger partial charge on any atom is 0.336 e. The molecule has 0 atom stereocenters. The van der Waals surface area contributed by atoms with Gasteiger partial charge in [0.1, 0.15) is 11.3 Å². The molecule has 0 aliphatic rings. The number of carbonyl (C=O) groups excluding carboxylic acids is 1. The van der Waals surface area contributed by atoms with Gasteiger partial charge in [-0.15, -0.1) is 0 Å². The third-order valence-corrected chi connectivity index (χ3v) is 4.45. The van der Waals surface area contributed by atoms with E-state index in [1.165, 1.54) is 24.3 Å². The van der Waals surface area contributed by atoms with E-state index in [0.29, 0.717) is 26.6 Å². The van der Waals surface area contributed by atoms with Gasteiger partial charge in [-0.3, -0.25) is 4.79 Å². The minimum atomic E-state index is -0.511. The number of phenols is 1. The van der Waals surface area contributed by atoms with Crippen LogP contribution < -0.4 is 5.63 Å². The van der Waals surface area contributed by atoms with Crippen LogP contribution >= 0.6 is 23.2 Å². The van der Waals surface area contributed by atoms with Gasteiger partial charge < -0.3 is 9.52 Å². The fraction of sp³-hybridized carbons (Fsp3) is 0.0526. The van der Waals surface area contributed by atoms with E-state index in [2.05, 4.69) is 0 Å². The van der Waals surface area contributed by atoms with Crippen LogP contribution in [0.5, 0.6) is 5.75 Å². The van der Waals surface area contributed by atoms with Crippen molar-refractivity contribution in [1.29, 1.82) is 0 Å². The predicted octanol–water partition coefficient (Wildman–Crippen LogP) is 5.01. The molecule has 0 aliphatic carbocycles. The number of hydrogen-bond donors (Lipinski definition) is 1. The molecule has 2 aromatic carbocycles. The highest BCUT2D eigenvalue weighted by Crippen LogP contribution is 2.31. The number of rotatable bonds is 3. The molecule has 4 nitrogen and oxygen atoms in total. The van der Waals surface area contributed by atoms with Gasteiger partial charge in [0.2, 0.25) is 0 Å². The van der Waals surface area contributed by atoms with E-state index < -0.39 is 11.4 Å². The van der Waals surface area contributed by atoms with E-state index in [1.807, 2.05) is 0 Å². The molecule has 1 aromatic heterocycles. The summed E-state index contributed by atoms with van der Waals surface area (Å²) in [5, 5.41) is 11.6. The molecule has 0 unspecified atom stereocenters. The van der Waals surface area contributed by atoms with Crippen molar-refractivity contribution in [3.63, 3.8) is 0 Å². The van der Waals surface area contributed by atoms with Gasteiger partial charge in [-0.05, 0) is 48.4 Å². The Bertz CT molecular complexity index is 1080. The summed E-state index contributed by atoms with van der Waals surface area (Å²) in [6.45, 7) is 1.67. The predicted molar refractivity (Wildman–Crippen MR) is 98.7 cm³/mol. The monoisotopic (exact) mass is 374 g/mol. The molecule has 0 bridgehead atoms. The lowest BCUT2D eigenvalue weighted by Gasteiger charge is -2.06. The van der Waals surface area contributed by atoms with Crippen LogP contribution in [0.3, 0.4) is 0 Å². The summed E-state index contributed by atoms with van der Waals surface area (Å²) in [5.74, 6) is -0.612. The lowest BCUT2D eigenvalue weighted by Crippen LogP contribution is -2.01. The molecule has 3 rings (SSSR count). The minimum absolute atomic E-state index is 0.112. The fourth-order valence-corrected chi connectivity index (χ4v) is 2.81. The fourth-order valence-electron chi connectivity index (χ4n) is 2.50. The number of halogens is 2. The number of aryl methyl sites for hydroxylation is 1. The zero-order chi connectivity index (χ0) is 18.1. The number of aromatic hydroxyl groups is 1. The van der Waals surface area contributed by atoms with Gasteiger partial charge in [0.05, 0.1) is 21.0 Å². The molecule has 126 valence electrons. The molecule has 0 amide bonds. The maximum absolute atomic E-state index is 12.4. The number of benzene rings is 2. The Labute approximate surface area is 152 Å². The maximum atomic E-state index is 12.4. The van der Waals surface area contributed by atoms with Gasteiger partial charge >= 0.3 is 5.63 Å². The third-order valence-electron chi connectivity index (χ3n) is 3.72. The second-order valence-electron chi connectivity index (χ2n) is 5.45. The van der Waals surface area contributed by atoms with Gasteiger partial charge in [-0.25, -0.2) is 4.79 Å². The summed E-state index contributed by atoms with van der Waals surface area (Å²) in [6, 6.07) is 9.16. The molecular formula is C19H12Cl2O4. The van der Waals surface area contributed by atoms with Gasteiger partial charge in [0.15, 0.2) is 5.78 Å². The smallest absolute Gasteiger partial charge is 0.336 e. The Morgan fingerprint density at radius 3 is 2.60 bits per heavy atom. The Hall–Kier alpha value is -2.56. The average Bonchev–Trinajstić information content (AvgIpc) is 2.55. The number of allylic oxidation sites excluding steroid dienone is 1. The number of ketones is 1. The van der Waals surface area contributed by atoms with E-state index in [-0.39, 0.29) is 16.9 Å². The van der Waals surface area contributed by atoms with Crippen LogP contribution in [0.2, 0.25) is 10.0 Å². The van der Waals surface area contributed by atoms with Crippen molar-refractivity contribution in [2.75, 3.05) is 0 Å². The van der Waals surface area contributed by atoms with Crippen molar-refractivity contribution < 1.29 is 14.3 Å². The van der Waals surface area contributed by atoms with Crippen molar-refractivity contribution in [2.45, 2.75) is 6.92 Å². The van der Waals surface area contributed by atoms with Gasteiger partial charge in [0, 0.05) is 6.07 Å². The van der Waals surface area contributed by atoms with E-state index in [9.17, 15) is 14.7 Å². The molecule has 0 radical (unpaired) electrons. The van der Waals surface area contributed by atoms with Crippen LogP contribution in [0.1, 0.15) is 21.5 Å². The van der Waals surface area contributed by atoms with E-state index in [1.54, 1.807) is 31.2 Å². The molecule has 0 saturated carbocycles. The molecule has 1 heterocycles. The Kier molecular flexibility index (Phi) is 4.66. The molecule has 0 fully saturated rings. The van der Waals surface area contributed by atoms with Crippen molar-refractivity contribution in [2.24, 2.45) is 0 Å². The first-order valence-corrected chi connectivity index (χ1v) is 8.06. The van der Waals surface area contributed by atoms with Crippen LogP contribution in [0, 0.1) is 6.92 Å². The van der Waals surface area contributed by atoms with Crippen LogP contribution in [-0.4, -0.2) is 10.9 Å². The zero-order valence-corrected chi connectivity index (χ0v) is 14.6. The van der Waals surface area contributed by atoms with Crippen LogP contribution in [-0.2, 0) is 0 Å². The third kappa shape index (κ3) is 3.45. The SMILES string of the molecule is Cc1cc(=O)oc2ccc(C(=O)/C=C/c3ccc(Cl)c(Cl)c3)c(O)c12. The molecule has 1 N–H and O–H groups in total. The molecule has 6 heteroatoms. The Morgan fingerprint density at radius 2 is 1.88 bits per heavy atom. The number of carbonyl (C=O) groups is 1. The van der Waals surface area contributed by atoms with E-state index in [4.69, 9.17) is 27.6 Å². The molecule has 3 aromatic rings. The summed E-state index contributed by atoms with van der Waals surface area (Å²) < 4.78 is 5.04. The summed E-state index contributed by atoms with van der Waals surface area (Å²) in [6.07, 6.45) is 2.90. The van der Waals surface area contributed by atoms with E-state index in [0.717, 1.165) is 0 Å². The zero-order valence-electron chi connectivity index (χ0n) is 13.0. The van der Waals surface area contributed by atoms with Crippen LogP contribution in [0.15, 0.2) is 51.7 Å². The van der Waals surface area contributed by atoms with Crippen molar-refractivity contribution in [3.8, 4) is 5.75 Å². The number of hydrogen-bond acceptors (Lipinski definition) is 4. The van der Waals surface area contributed by atoms with Gasteiger partial charge in [0.25, 0.3) is 0 Å². The van der Waals surface area contributed by atoms with Crippen LogP contribution in [0.4, 0.5) is 0 Å². The number of phenolic OH excluding ortho intramolecular Hbond substituents is 1. The van der Waals surface area contributed by atoms with Gasteiger partial charge in [-0.1, -0.05) is 35.3 Å². The normalized spacial score (nSPS) is 11.3. The quantitative estimate of drug-likeness (QED) is 0.397. The largest absolute Gasteiger partial charge is 0.506 e. The molecule has 25 heavy (non-hydrogen) atoms. The summed E-state index contributed by atoms with van der Waals surface area (Å²) >= 11 is 11.8. The highest BCUT2D eigenvalue weighted by molar-refractivity contribution is 6.42. The lowest BCUT2D eigenvalue weighted by molar-refractivity contribution is 0.104. The summed E-state index contributed by atoms with van der Waals surface area (Å²) in [7, 11) is 0. The molecular weight excluding hydrogens is 363 g/mol. The highest BCUT2D eigenvalue weighted by atomic mass is 35.5. The van der Waals surface area contributed by atoms with E-state index >= 15 is 0 Å². The first kappa shape index (κ1) is 17.3. The Balaban J connectivity index is 1.99. The Morgan fingerprint density at radius 1 is 1.12 bits per heavy atom. The standard InChI is InChI=1S/C19H12Cl2O4/c1-10-8-17(23)25-16-7-4-12(19(24)18(10)16)15(22)6-3-11-2-5-13(20)14(21)9-11/h2-9,24H,1H3/b6-3+. The minimum Gasteiger partial charge on any atom is -0.506 e. The topological polar surface area (TPSA) is 67.5 Å². The molecule has 0 spiro atoms. The van der Waals surface area contributed by atoms with Crippen molar-refractivity contribution >= 4 is 46.0 Å². The highest BCUT2D eigenvalue weighted by Gasteiger charge is 2.15. The average molecular weight is 375 g/mol. The number of fused-ring (bicyclic) bond motifs is 1. The van der Waals surface area contributed by atoms with Crippen molar-refractivity contribution in [3.05, 3.63) is 79.6 Å². The summed E-state index contributed by atoms with van der Waals surface area (Å²) in [5.41, 5.74) is 1.06. The lowest BCUT2D eigenvalue weighted by atomic mass is 10.0. The second-order valence-corrected chi connectivity index (χ2v) is 6.27. The van der Waals surface area contributed by atoms with Crippen molar-refractivity contribution in [1.82, 2.24) is 0 Å². The van der Waals surface area contributed by atoms with Gasteiger partial charge in [-0.2, -0.15) is 0 Å². The van der Waals surface area contributed by atoms with Crippen LogP contribution in [0.25, 0.3) is 17.0 Å². The first-order chi connectivity index (χ1) is 11.9.